The van der Waals surface area contributed by atoms with Gasteiger partial charge in [-0.3, -0.25) is 4.79 Å². The Morgan fingerprint density at radius 3 is 2.84 bits per heavy atom. The van der Waals surface area contributed by atoms with E-state index in [4.69, 9.17) is 10.2 Å². The molecule has 0 atom stereocenters. The van der Waals surface area contributed by atoms with Crippen molar-refractivity contribution in [3.63, 3.8) is 0 Å². The summed E-state index contributed by atoms with van der Waals surface area (Å²) >= 11 is 0. The number of nitrogens with zero attached hydrogens (tertiary/aromatic N) is 3. The number of hydrogen-bond donors (Lipinski definition) is 2. The minimum absolute atomic E-state index is 0.189. The molecule has 0 radical (unpaired) electrons. The third-order valence-corrected chi connectivity index (χ3v) is 3.15. The second-order valence-corrected chi connectivity index (χ2v) is 4.66. The van der Waals surface area contributed by atoms with Crippen molar-refractivity contribution in [1.29, 1.82) is 0 Å². The minimum atomic E-state index is 0.189. The fourth-order valence-electron chi connectivity index (χ4n) is 2.13. The van der Waals surface area contributed by atoms with Crippen LogP contribution in [0.5, 0.6) is 0 Å². The third-order valence-electron chi connectivity index (χ3n) is 3.15. The third kappa shape index (κ3) is 4.20. The average Bonchev–Trinajstić information content (AvgIpc) is 2.88. The summed E-state index contributed by atoms with van der Waals surface area (Å²) in [5.74, 6) is 0.709. The molecule has 0 spiro atoms. The molecule has 3 N–H and O–H groups in total. The highest BCUT2D eigenvalue weighted by Crippen LogP contribution is 2.10. The Labute approximate surface area is 112 Å². The second kappa shape index (κ2) is 7.08. The summed E-state index contributed by atoms with van der Waals surface area (Å²) in [5, 5.41) is 10.6. The van der Waals surface area contributed by atoms with Crippen LogP contribution in [0.15, 0.2) is 4.42 Å². The van der Waals surface area contributed by atoms with Crippen molar-refractivity contribution in [3.8, 4) is 0 Å². The van der Waals surface area contributed by atoms with Gasteiger partial charge < -0.3 is 20.4 Å². The Hall–Kier alpha value is -1.63. The highest BCUT2D eigenvalue weighted by Gasteiger charge is 2.16. The predicted molar refractivity (Wildman–Crippen MR) is 70.6 cm³/mol. The topological polar surface area (TPSA) is 97.3 Å². The number of piperidine rings is 1. The highest BCUT2D eigenvalue weighted by molar-refractivity contribution is 5.76. The van der Waals surface area contributed by atoms with E-state index in [2.05, 4.69) is 15.5 Å². The van der Waals surface area contributed by atoms with E-state index < -0.39 is 0 Å². The van der Waals surface area contributed by atoms with Crippen LogP contribution in [0, 0.1) is 0 Å². The molecule has 0 bridgehead atoms. The molecule has 0 aromatic carbocycles. The molecule has 1 aliphatic rings. The summed E-state index contributed by atoms with van der Waals surface area (Å²) in [7, 11) is 0. The molecule has 1 fully saturated rings. The van der Waals surface area contributed by atoms with Crippen LogP contribution in [-0.2, 0) is 11.2 Å². The van der Waals surface area contributed by atoms with E-state index in [-0.39, 0.29) is 5.91 Å². The summed E-state index contributed by atoms with van der Waals surface area (Å²) < 4.78 is 5.31. The second-order valence-electron chi connectivity index (χ2n) is 4.66. The summed E-state index contributed by atoms with van der Waals surface area (Å²) in [6.45, 7) is 2.77. The van der Waals surface area contributed by atoms with Crippen molar-refractivity contribution in [2.75, 3.05) is 31.5 Å². The first kappa shape index (κ1) is 13.8. The van der Waals surface area contributed by atoms with E-state index in [0.717, 1.165) is 25.9 Å². The fourth-order valence-corrected chi connectivity index (χ4v) is 2.13. The Kier molecular flexibility index (Phi) is 5.14. The molecule has 0 unspecified atom stereocenters. The van der Waals surface area contributed by atoms with Gasteiger partial charge in [0.25, 0.3) is 0 Å². The molecule has 2 rings (SSSR count). The van der Waals surface area contributed by atoms with Gasteiger partial charge >= 0.3 is 6.01 Å². The summed E-state index contributed by atoms with van der Waals surface area (Å²) in [6.07, 6.45) is 4.49. The molecule has 7 nitrogen and oxygen atoms in total. The molecule has 1 aromatic heterocycles. The Morgan fingerprint density at radius 2 is 2.11 bits per heavy atom. The van der Waals surface area contributed by atoms with Crippen LogP contribution in [0.2, 0.25) is 0 Å². The lowest BCUT2D eigenvalue weighted by Gasteiger charge is -2.26. The van der Waals surface area contributed by atoms with E-state index in [9.17, 15) is 4.79 Å². The standard InChI is InChI=1S/C12H21N5O2/c13-6-4-10-15-16-12(19-10)14-7-5-11(18)17-8-2-1-3-9-17/h1-9,13H2,(H,14,16). The molecule has 19 heavy (non-hydrogen) atoms. The summed E-state index contributed by atoms with van der Waals surface area (Å²) in [4.78, 5) is 13.8. The molecule has 0 aliphatic carbocycles. The van der Waals surface area contributed by atoms with Gasteiger partial charge in [0.15, 0.2) is 0 Å². The number of likely N-dealkylation sites (tertiary alicyclic amines) is 1. The first-order chi connectivity index (χ1) is 9.29. The van der Waals surface area contributed by atoms with Gasteiger partial charge in [0.2, 0.25) is 11.8 Å². The number of hydrogen-bond acceptors (Lipinski definition) is 6. The lowest BCUT2D eigenvalue weighted by Crippen LogP contribution is -2.36. The largest absolute Gasteiger partial charge is 0.408 e. The monoisotopic (exact) mass is 267 g/mol. The molecule has 1 aliphatic heterocycles. The van der Waals surface area contributed by atoms with Gasteiger partial charge in [-0.05, 0) is 19.3 Å². The fraction of sp³-hybridized carbons (Fsp3) is 0.750. The van der Waals surface area contributed by atoms with E-state index in [0.29, 0.717) is 37.8 Å². The lowest BCUT2D eigenvalue weighted by atomic mass is 10.1. The number of aromatic nitrogens is 2. The number of carbonyl (C=O) groups excluding carboxylic acids is 1. The zero-order valence-corrected chi connectivity index (χ0v) is 11.1. The van der Waals surface area contributed by atoms with Crippen LogP contribution in [-0.4, -0.2) is 47.2 Å². The number of nitrogens with two attached hydrogens (primary N) is 1. The van der Waals surface area contributed by atoms with Crippen LogP contribution in [0.3, 0.4) is 0 Å². The van der Waals surface area contributed by atoms with Gasteiger partial charge in [-0.2, -0.15) is 0 Å². The van der Waals surface area contributed by atoms with Gasteiger partial charge in [0.1, 0.15) is 0 Å². The van der Waals surface area contributed by atoms with E-state index >= 15 is 0 Å². The first-order valence-corrected chi connectivity index (χ1v) is 6.83. The van der Waals surface area contributed by atoms with Gasteiger partial charge in [-0.25, -0.2) is 0 Å². The van der Waals surface area contributed by atoms with Crippen LogP contribution in [0.4, 0.5) is 6.01 Å². The number of rotatable bonds is 6. The van der Waals surface area contributed by atoms with Gasteiger partial charge in [-0.15, -0.1) is 5.10 Å². The van der Waals surface area contributed by atoms with Gasteiger partial charge in [0.05, 0.1) is 0 Å². The van der Waals surface area contributed by atoms with E-state index in [1.807, 2.05) is 4.90 Å². The average molecular weight is 267 g/mol. The van der Waals surface area contributed by atoms with Crippen molar-refractivity contribution < 1.29 is 9.21 Å². The minimum Gasteiger partial charge on any atom is -0.408 e. The molecule has 1 saturated heterocycles. The Balaban J connectivity index is 1.68. The molecule has 7 heteroatoms. The van der Waals surface area contributed by atoms with Gasteiger partial charge in [-0.1, -0.05) is 5.10 Å². The zero-order chi connectivity index (χ0) is 13.5. The normalized spacial score (nSPS) is 15.5. The molecule has 1 amide bonds. The maximum atomic E-state index is 11.9. The molecule has 0 saturated carbocycles. The van der Waals surface area contributed by atoms with Crippen molar-refractivity contribution in [1.82, 2.24) is 15.1 Å². The van der Waals surface area contributed by atoms with Crippen LogP contribution in [0.25, 0.3) is 0 Å². The SMILES string of the molecule is NCCc1nnc(NCCC(=O)N2CCCCC2)o1. The lowest BCUT2D eigenvalue weighted by molar-refractivity contribution is -0.131. The van der Waals surface area contributed by atoms with E-state index in [1.165, 1.54) is 6.42 Å². The molecular formula is C12H21N5O2. The quantitative estimate of drug-likeness (QED) is 0.773. The predicted octanol–water partition coefficient (Wildman–Crippen LogP) is 0.385. The van der Waals surface area contributed by atoms with Crippen molar-refractivity contribution in [2.24, 2.45) is 5.73 Å². The van der Waals surface area contributed by atoms with Crippen molar-refractivity contribution in [3.05, 3.63) is 5.89 Å². The molecule has 2 heterocycles. The Bertz CT molecular complexity index is 401. The van der Waals surface area contributed by atoms with Crippen molar-refractivity contribution in [2.45, 2.75) is 32.1 Å². The molecule has 106 valence electrons. The number of anilines is 1. The van der Waals surface area contributed by atoms with Crippen LogP contribution in [0.1, 0.15) is 31.6 Å². The van der Waals surface area contributed by atoms with Crippen LogP contribution >= 0.6 is 0 Å². The number of nitrogens with one attached hydrogen (secondary N) is 1. The smallest absolute Gasteiger partial charge is 0.315 e. The number of amides is 1. The highest BCUT2D eigenvalue weighted by atomic mass is 16.4. The molecular weight excluding hydrogens is 246 g/mol. The Morgan fingerprint density at radius 1 is 1.32 bits per heavy atom. The maximum absolute atomic E-state index is 11.9. The summed E-state index contributed by atoms with van der Waals surface area (Å²) in [5.41, 5.74) is 5.39. The molecule has 1 aromatic rings. The van der Waals surface area contributed by atoms with E-state index in [1.54, 1.807) is 0 Å². The van der Waals surface area contributed by atoms with Crippen molar-refractivity contribution >= 4 is 11.9 Å². The number of carbonyl (C=O) groups is 1. The van der Waals surface area contributed by atoms with Gasteiger partial charge in [0, 0.05) is 39.0 Å². The summed E-state index contributed by atoms with van der Waals surface area (Å²) in [6, 6.07) is 0.356. The maximum Gasteiger partial charge on any atom is 0.315 e. The zero-order valence-electron chi connectivity index (χ0n) is 11.1. The first-order valence-electron chi connectivity index (χ1n) is 6.83. The van der Waals surface area contributed by atoms with Crippen LogP contribution < -0.4 is 11.1 Å².